The van der Waals surface area contributed by atoms with Crippen molar-refractivity contribution in [3.8, 4) is 11.3 Å². The molecule has 0 aliphatic carbocycles. The molecule has 0 saturated carbocycles. The summed E-state index contributed by atoms with van der Waals surface area (Å²) in [6.45, 7) is 1.94. The Morgan fingerprint density at radius 2 is 2.06 bits per heavy atom. The molecule has 0 aliphatic rings. The van der Waals surface area contributed by atoms with Gasteiger partial charge in [0.1, 0.15) is 0 Å². The van der Waals surface area contributed by atoms with Crippen molar-refractivity contribution in [2.24, 2.45) is 5.73 Å². The Hall–Kier alpha value is -1.87. The van der Waals surface area contributed by atoms with E-state index in [4.69, 9.17) is 5.73 Å². The average Bonchev–Trinajstić information content (AvgIpc) is 2.76. The quantitative estimate of drug-likeness (QED) is 0.822. The second-order valence-electron chi connectivity index (χ2n) is 3.79. The molecule has 3 N–H and O–H groups in total. The van der Waals surface area contributed by atoms with E-state index in [9.17, 15) is 0 Å². The molecule has 0 aliphatic heterocycles. The lowest BCUT2D eigenvalue weighted by molar-refractivity contribution is 0.929. The van der Waals surface area contributed by atoms with Crippen molar-refractivity contribution >= 4 is 6.08 Å². The van der Waals surface area contributed by atoms with Gasteiger partial charge in [0.2, 0.25) is 0 Å². The Labute approximate surface area is 95.0 Å². The summed E-state index contributed by atoms with van der Waals surface area (Å²) in [5, 5.41) is 7.21. The maximum absolute atomic E-state index is 5.64. The summed E-state index contributed by atoms with van der Waals surface area (Å²) < 4.78 is 0. The third-order valence-corrected chi connectivity index (χ3v) is 2.25. The second kappa shape index (κ2) is 4.77. The minimum absolute atomic E-state index is 0.0588. The molecule has 1 aromatic carbocycles. The fraction of sp³-hybridized carbons (Fsp3) is 0.154. The number of hydrogen-bond acceptors (Lipinski definition) is 2. The molecule has 3 nitrogen and oxygen atoms in total. The average molecular weight is 213 g/mol. The van der Waals surface area contributed by atoms with E-state index in [1.165, 1.54) is 0 Å². The highest BCUT2D eigenvalue weighted by Crippen LogP contribution is 2.17. The fourth-order valence-electron chi connectivity index (χ4n) is 1.43. The molecule has 1 heterocycles. The Kier molecular flexibility index (Phi) is 3.17. The van der Waals surface area contributed by atoms with Gasteiger partial charge in [-0.05, 0) is 19.1 Å². The summed E-state index contributed by atoms with van der Waals surface area (Å²) in [6.07, 6.45) is 3.88. The van der Waals surface area contributed by atoms with Crippen LogP contribution in [0.4, 0.5) is 0 Å². The molecular formula is C13H15N3. The van der Waals surface area contributed by atoms with E-state index in [2.05, 4.69) is 10.2 Å². The summed E-state index contributed by atoms with van der Waals surface area (Å²) in [4.78, 5) is 0. The molecule has 82 valence electrons. The van der Waals surface area contributed by atoms with E-state index in [-0.39, 0.29) is 6.04 Å². The van der Waals surface area contributed by atoms with E-state index in [1.807, 2.05) is 55.5 Å². The number of benzene rings is 1. The second-order valence-corrected chi connectivity index (χ2v) is 3.79. The van der Waals surface area contributed by atoms with Crippen LogP contribution in [0.25, 0.3) is 17.3 Å². The van der Waals surface area contributed by atoms with Crippen LogP contribution >= 0.6 is 0 Å². The lowest BCUT2D eigenvalue weighted by Crippen LogP contribution is -2.09. The molecule has 0 saturated heterocycles. The lowest BCUT2D eigenvalue weighted by Gasteiger charge is -1.93. The Morgan fingerprint density at radius 3 is 2.75 bits per heavy atom. The van der Waals surface area contributed by atoms with E-state index < -0.39 is 0 Å². The van der Waals surface area contributed by atoms with Crippen LogP contribution in [-0.2, 0) is 0 Å². The third kappa shape index (κ3) is 2.58. The highest BCUT2D eigenvalue weighted by atomic mass is 15.1. The van der Waals surface area contributed by atoms with Gasteiger partial charge in [-0.1, -0.05) is 36.4 Å². The van der Waals surface area contributed by atoms with Crippen molar-refractivity contribution in [1.29, 1.82) is 0 Å². The van der Waals surface area contributed by atoms with Gasteiger partial charge in [0.05, 0.1) is 11.4 Å². The number of nitrogens with zero attached hydrogens (tertiary/aromatic N) is 1. The number of nitrogens with two attached hydrogens (primary N) is 1. The molecule has 1 atom stereocenters. The SMILES string of the molecule is CC(N)/C=C/c1cc(-c2ccccc2)n[nH]1. The van der Waals surface area contributed by atoms with Gasteiger partial charge in [-0.3, -0.25) is 5.10 Å². The summed E-state index contributed by atoms with van der Waals surface area (Å²) >= 11 is 0. The molecule has 2 aromatic rings. The molecule has 0 radical (unpaired) electrons. The molecule has 1 unspecified atom stereocenters. The molecule has 0 spiro atoms. The van der Waals surface area contributed by atoms with Gasteiger partial charge in [0.15, 0.2) is 0 Å². The van der Waals surface area contributed by atoms with Gasteiger partial charge in [-0.2, -0.15) is 5.10 Å². The van der Waals surface area contributed by atoms with Crippen LogP contribution in [0.15, 0.2) is 42.5 Å². The standard InChI is InChI=1S/C13H15N3/c1-10(14)7-8-12-9-13(16-15-12)11-5-3-2-4-6-11/h2-10H,14H2,1H3,(H,15,16)/b8-7+. The maximum Gasteiger partial charge on any atom is 0.0926 e. The first-order valence-corrected chi connectivity index (χ1v) is 5.30. The van der Waals surface area contributed by atoms with Crippen molar-refractivity contribution < 1.29 is 0 Å². The molecular weight excluding hydrogens is 198 g/mol. The van der Waals surface area contributed by atoms with E-state index >= 15 is 0 Å². The molecule has 0 amide bonds. The fourth-order valence-corrected chi connectivity index (χ4v) is 1.43. The number of rotatable bonds is 3. The van der Waals surface area contributed by atoms with Crippen LogP contribution in [0.2, 0.25) is 0 Å². The number of aromatic nitrogens is 2. The van der Waals surface area contributed by atoms with Gasteiger partial charge in [0, 0.05) is 11.6 Å². The van der Waals surface area contributed by atoms with Gasteiger partial charge >= 0.3 is 0 Å². The van der Waals surface area contributed by atoms with Crippen molar-refractivity contribution in [2.45, 2.75) is 13.0 Å². The molecule has 16 heavy (non-hydrogen) atoms. The van der Waals surface area contributed by atoms with Crippen LogP contribution < -0.4 is 5.73 Å². The molecule has 0 fully saturated rings. The first kappa shape index (κ1) is 10.6. The first-order chi connectivity index (χ1) is 7.75. The highest BCUT2D eigenvalue weighted by molar-refractivity contribution is 5.62. The lowest BCUT2D eigenvalue weighted by atomic mass is 10.1. The van der Waals surface area contributed by atoms with Gasteiger partial charge in [-0.15, -0.1) is 0 Å². The minimum atomic E-state index is 0.0588. The van der Waals surface area contributed by atoms with Gasteiger partial charge < -0.3 is 5.73 Å². The topological polar surface area (TPSA) is 54.7 Å². The summed E-state index contributed by atoms with van der Waals surface area (Å²) in [5.41, 5.74) is 8.67. The van der Waals surface area contributed by atoms with Gasteiger partial charge in [-0.25, -0.2) is 0 Å². The number of nitrogens with one attached hydrogen (secondary N) is 1. The van der Waals surface area contributed by atoms with E-state index in [1.54, 1.807) is 0 Å². The van der Waals surface area contributed by atoms with Gasteiger partial charge in [0.25, 0.3) is 0 Å². The van der Waals surface area contributed by atoms with Crippen LogP contribution in [0.3, 0.4) is 0 Å². The Morgan fingerprint density at radius 1 is 1.31 bits per heavy atom. The van der Waals surface area contributed by atoms with Crippen LogP contribution in [0.1, 0.15) is 12.6 Å². The smallest absolute Gasteiger partial charge is 0.0926 e. The number of H-pyrrole nitrogens is 1. The normalized spacial score (nSPS) is 13.1. The predicted octanol–water partition coefficient (Wildman–Crippen LogP) is 2.44. The zero-order valence-electron chi connectivity index (χ0n) is 9.22. The van der Waals surface area contributed by atoms with Crippen molar-refractivity contribution in [3.63, 3.8) is 0 Å². The Balaban J connectivity index is 2.20. The zero-order valence-corrected chi connectivity index (χ0v) is 9.22. The third-order valence-electron chi connectivity index (χ3n) is 2.25. The maximum atomic E-state index is 5.64. The number of hydrogen-bond donors (Lipinski definition) is 2. The zero-order chi connectivity index (χ0) is 11.4. The predicted molar refractivity (Wildman–Crippen MR) is 66.7 cm³/mol. The van der Waals surface area contributed by atoms with Crippen LogP contribution in [0.5, 0.6) is 0 Å². The molecule has 2 rings (SSSR count). The van der Waals surface area contributed by atoms with Crippen LogP contribution in [0, 0.1) is 0 Å². The Bertz CT molecular complexity index is 469. The molecule has 1 aromatic heterocycles. The summed E-state index contributed by atoms with van der Waals surface area (Å²) in [7, 11) is 0. The van der Waals surface area contributed by atoms with Crippen molar-refractivity contribution in [1.82, 2.24) is 10.2 Å². The van der Waals surface area contributed by atoms with Crippen molar-refractivity contribution in [2.75, 3.05) is 0 Å². The van der Waals surface area contributed by atoms with E-state index in [0.29, 0.717) is 0 Å². The minimum Gasteiger partial charge on any atom is -0.325 e. The monoisotopic (exact) mass is 213 g/mol. The van der Waals surface area contributed by atoms with E-state index in [0.717, 1.165) is 17.0 Å². The largest absolute Gasteiger partial charge is 0.325 e. The summed E-state index contributed by atoms with van der Waals surface area (Å²) in [6, 6.07) is 12.1. The highest BCUT2D eigenvalue weighted by Gasteiger charge is 2.00. The first-order valence-electron chi connectivity index (χ1n) is 5.30. The molecule has 3 heteroatoms. The van der Waals surface area contributed by atoms with Crippen molar-refractivity contribution in [3.05, 3.63) is 48.2 Å². The number of aromatic amines is 1. The van der Waals surface area contributed by atoms with Crippen LogP contribution in [-0.4, -0.2) is 16.2 Å². The molecule has 0 bridgehead atoms. The summed E-state index contributed by atoms with van der Waals surface area (Å²) in [5.74, 6) is 0.